The number of amides is 1. The SMILES string of the molecule is O=C(CCCc1ccccc1)Nc1nnc(-c2cccc(Br)c2)s1. The fraction of sp³-hybridized carbons (Fsp3) is 0.167. The van der Waals surface area contributed by atoms with Crippen LogP contribution in [-0.4, -0.2) is 16.1 Å². The van der Waals surface area contributed by atoms with Crippen molar-refractivity contribution >= 4 is 38.3 Å². The van der Waals surface area contributed by atoms with Crippen molar-refractivity contribution in [3.63, 3.8) is 0 Å². The maximum Gasteiger partial charge on any atom is 0.226 e. The van der Waals surface area contributed by atoms with Crippen LogP contribution in [0.5, 0.6) is 0 Å². The summed E-state index contributed by atoms with van der Waals surface area (Å²) in [6, 6.07) is 18.0. The van der Waals surface area contributed by atoms with Crippen LogP contribution in [0.15, 0.2) is 59.1 Å². The predicted octanol–water partition coefficient (Wildman–Crippen LogP) is 4.93. The van der Waals surface area contributed by atoms with Crippen molar-refractivity contribution in [2.75, 3.05) is 5.32 Å². The number of benzene rings is 2. The van der Waals surface area contributed by atoms with E-state index < -0.39 is 0 Å². The second-order valence-electron chi connectivity index (χ2n) is 5.31. The highest BCUT2D eigenvalue weighted by Gasteiger charge is 2.10. The number of anilines is 1. The molecule has 0 radical (unpaired) electrons. The first-order valence-electron chi connectivity index (χ1n) is 7.64. The van der Waals surface area contributed by atoms with E-state index in [1.165, 1.54) is 16.9 Å². The maximum absolute atomic E-state index is 12.0. The molecule has 0 aliphatic carbocycles. The molecular formula is C18H16BrN3OS. The van der Waals surface area contributed by atoms with Gasteiger partial charge in [-0.25, -0.2) is 0 Å². The molecule has 24 heavy (non-hydrogen) atoms. The Bertz CT molecular complexity index is 820. The molecule has 1 N–H and O–H groups in total. The van der Waals surface area contributed by atoms with Crippen LogP contribution in [-0.2, 0) is 11.2 Å². The van der Waals surface area contributed by atoms with E-state index in [1.54, 1.807) is 0 Å². The van der Waals surface area contributed by atoms with E-state index in [4.69, 9.17) is 0 Å². The van der Waals surface area contributed by atoms with Crippen molar-refractivity contribution in [2.45, 2.75) is 19.3 Å². The summed E-state index contributed by atoms with van der Waals surface area (Å²) in [6.45, 7) is 0. The molecule has 0 unspecified atom stereocenters. The molecule has 2 aromatic carbocycles. The number of aromatic nitrogens is 2. The van der Waals surface area contributed by atoms with E-state index in [1.807, 2.05) is 42.5 Å². The highest BCUT2D eigenvalue weighted by molar-refractivity contribution is 9.10. The fourth-order valence-corrected chi connectivity index (χ4v) is 3.45. The Morgan fingerprint density at radius 3 is 2.71 bits per heavy atom. The second kappa shape index (κ2) is 8.17. The number of rotatable bonds is 6. The molecule has 122 valence electrons. The van der Waals surface area contributed by atoms with Gasteiger partial charge in [-0.1, -0.05) is 69.7 Å². The summed E-state index contributed by atoms with van der Waals surface area (Å²) in [6.07, 6.45) is 2.18. The number of hydrogen-bond donors (Lipinski definition) is 1. The first kappa shape index (κ1) is 16.8. The molecule has 0 aliphatic heterocycles. The first-order valence-corrected chi connectivity index (χ1v) is 9.25. The molecule has 0 saturated carbocycles. The van der Waals surface area contributed by atoms with Gasteiger partial charge in [0.2, 0.25) is 11.0 Å². The van der Waals surface area contributed by atoms with Crippen LogP contribution < -0.4 is 5.32 Å². The average Bonchev–Trinajstić information content (AvgIpc) is 3.04. The minimum Gasteiger partial charge on any atom is -0.301 e. The molecule has 0 spiro atoms. The largest absolute Gasteiger partial charge is 0.301 e. The predicted molar refractivity (Wildman–Crippen MR) is 101 cm³/mol. The molecule has 1 heterocycles. The van der Waals surface area contributed by atoms with E-state index in [2.05, 4.69) is 43.6 Å². The molecule has 1 aromatic heterocycles. The standard InChI is InChI=1S/C18H16BrN3OS/c19-15-10-5-9-14(12-15)17-21-22-18(24-17)20-16(23)11-4-8-13-6-2-1-3-7-13/h1-3,5-7,9-10,12H,4,8,11H2,(H,20,22,23). The van der Waals surface area contributed by atoms with Crippen LogP contribution in [0.1, 0.15) is 18.4 Å². The van der Waals surface area contributed by atoms with Crippen LogP contribution >= 0.6 is 27.3 Å². The fourth-order valence-electron chi connectivity index (χ4n) is 2.29. The minimum absolute atomic E-state index is 0.0251. The molecular weight excluding hydrogens is 386 g/mol. The molecule has 0 aliphatic rings. The van der Waals surface area contributed by atoms with Crippen LogP contribution in [0.25, 0.3) is 10.6 Å². The minimum atomic E-state index is -0.0251. The number of hydrogen-bond acceptors (Lipinski definition) is 4. The van der Waals surface area contributed by atoms with E-state index in [-0.39, 0.29) is 5.91 Å². The zero-order valence-corrected chi connectivity index (χ0v) is 15.3. The first-order chi connectivity index (χ1) is 11.7. The van der Waals surface area contributed by atoms with Crippen molar-refractivity contribution in [1.29, 1.82) is 0 Å². The Balaban J connectivity index is 1.52. The lowest BCUT2D eigenvalue weighted by Gasteiger charge is -2.02. The van der Waals surface area contributed by atoms with Gasteiger partial charge in [-0.15, -0.1) is 10.2 Å². The summed E-state index contributed by atoms with van der Waals surface area (Å²) in [5.41, 5.74) is 2.23. The van der Waals surface area contributed by atoms with Gasteiger partial charge in [-0.3, -0.25) is 4.79 Å². The Hall–Kier alpha value is -2.05. The summed E-state index contributed by atoms with van der Waals surface area (Å²) in [5, 5.41) is 12.3. The number of nitrogens with zero attached hydrogens (tertiary/aromatic N) is 2. The van der Waals surface area contributed by atoms with Crippen LogP contribution in [0, 0.1) is 0 Å². The molecule has 0 saturated heterocycles. The Morgan fingerprint density at radius 2 is 1.92 bits per heavy atom. The highest BCUT2D eigenvalue weighted by Crippen LogP contribution is 2.28. The molecule has 0 fully saturated rings. The molecule has 0 bridgehead atoms. The smallest absolute Gasteiger partial charge is 0.226 e. The van der Waals surface area contributed by atoms with Crippen molar-refractivity contribution in [3.8, 4) is 10.6 Å². The molecule has 1 amide bonds. The van der Waals surface area contributed by atoms with Crippen molar-refractivity contribution < 1.29 is 4.79 Å². The summed E-state index contributed by atoms with van der Waals surface area (Å²) < 4.78 is 0.988. The molecule has 0 atom stereocenters. The molecule has 4 nitrogen and oxygen atoms in total. The number of halogens is 1. The molecule has 6 heteroatoms. The number of carbonyl (C=O) groups is 1. The van der Waals surface area contributed by atoms with Crippen molar-refractivity contribution in [3.05, 3.63) is 64.6 Å². The van der Waals surface area contributed by atoms with Crippen molar-refractivity contribution in [1.82, 2.24) is 10.2 Å². The van der Waals surface area contributed by atoms with Gasteiger partial charge in [0.05, 0.1) is 0 Å². The molecule has 3 aromatic rings. The van der Waals surface area contributed by atoms with E-state index in [0.717, 1.165) is 27.9 Å². The number of carbonyl (C=O) groups excluding carboxylic acids is 1. The van der Waals surface area contributed by atoms with Gasteiger partial charge in [-0.2, -0.15) is 0 Å². The van der Waals surface area contributed by atoms with Gasteiger partial charge >= 0.3 is 0 Å². The zero-order valence-electron chi connectivity index (χ0n) is 12.9. The lowest BCUT2D eigenvalue weighted by Crippen LogP contribution is -2.11. The zero-order chi connectivity index (χ0) is 16.8. The second-order valence-corrected chi connectivity index (χ2v) is 7.20. The van der Waals surface area contributed by atoms with Gasteiger partial charge in [0.15, 0.2) is 0 Å². The quantitative estimate of drug-likeness (QED) is 0.636. The van der Waals surface area contributed by atoms with E-state index in [9.17, 15) is 4.79 Å². The lowest BCUT2D eigenvalue weighted by atomic mass is 10.1. The van der Waals surface area contributed by atoms with E-state index in [0.29, 0.717) is 11.6 Å². The monoisotopic (exact) mass is 401 g/mol. The maximum atomic E-state index is 12.0. The normalized spacial score (nSPS) is 10.5. The highest BCUT2D eigenvalue weighted by atomic mass is 79.9. The number of aryl methyl sites for hydroxylation is 1. The summed E-state index contributed by atoms with van der Waals surface area (Å²) in [5.74, 6) is -0.0251. The third-order valence-corrected chi connectivity index (χ3v) is 4.84. The van der Waals surface area contributed by atoms with Crippen LogP contribution in [0.2, 0.25) is 0 Å². The summed E-state index contributed by atoms with van der Waals surface area (Å²) >= 11 is 4.82. The van der Waals surface area contributed by atoms with Gasteiger partial charge in [0.1, 0.15) is 5.01 Å². The van der Waals surface area contributed by atoms with Gasteiger partial charge in [-0.05, 0) is 30.5 Å². The van der Waals surface area contributed by atoms with Gasteiger partial charge in [0, 0.05) is 16.5 Å². The van der Waals surface area contributed by atoms with Crippen LogP contribution in [0.3, 0.4) is 0 Å². The third kappa shape index (κ3) is 4.72. The summed E-state index contributed by atoms with van der Waals surface area (Å²) in [4.78, 5) is 12.0. The number of nitrogens with one attached hydrogen (secondary N) is 1. The summed E-state index contributed by atoms with van der Waals surface area (Å²) in [7, 11) is 0. The van der Waals surface area contributed by atoms with Crippen molar-refractivity contribution in [2.24, 2.45) is 0 Å². The Kier molecular flexibility index (Phi) is 5.72. The average molecular weight is 402 g/mol. The third-order valence-electron chi connectivity index (χ3n) is 3.46. The van der Waals surface area contributed by atoms with Crippen LogP contribution in [0.4, 0.5) is 5.13 Å². The van der Waals surface area contributed by atoms with E-state index >= 15 is 0 Å². The lowest BCUT2D eigenvalue weighted by molar-refractivity contribution is -0.116. The molecule has 3 rings (SSSR count). The Morgan fingerprint density at radius 1 is 1.08 bits per heavy atom. The Labute approximate surface area is 153 Å². The topological polar surface area (TPSA) is 54.9 Å². The van der Waals surface area contributed by atoms with Gasteiger partial charge < -0.3 is 5.32 Å². The van der Waals surface area contributed by atoms with Gasteiger partial charge in [0.25, 0.3) is 0 Å².